The van der Waals surface area contributed by atoms with Crippen molar-refractivity contribution in [1.29, 1.82) is 0 Å². The number of benzene rings is 2. The summed E-state index contributed by atoms with van der Waals surface area (Å²) in [5, 5.41) is 0. The number of rotatable bonds is 5. The molecule has 2 aromatic rings. The van der Waals surface area contributed by atoms with Crippen molar-refractivity contribution >= 4 is 16.0 Å². The third-order valence-corrected chi connectivity index (χ3v) is 6.44. The molecule has 2 aromatic carbocycles. The molecule has 0 atom stereocenters. The molecule has 0 unspecified atom stereocenters. The molecule has 6 nitrogen and oxygen atoms in total. The highest BCUT2D eigenvalue weighted by atomic mass is 32.2. The zero-order chi connectivity index (χ0) is 19.4. The molecule has 1 fully saturated rings. The molecule has 1 aliphatic heterocycles. The first kappa shape index (κ1) is 19.5. The maximum atomic E-state index is 12.7. The molecule has 0 spiro atoms. The third-order valence-electron chi connectivity index (χ3n) is 4.54. The average Bonchev–Trinajstić information content (AvgIpc) is 2.69. The van der Waals surface area contributed by atoms with E-state index in [1.807, 2.05) is 32.0 Å². The van der Waals surface area contributed by atoms with Crippen molar-refractivity contribution in [3.8, 4) is 0 Å². The molecule has 3 rings (SSSR count). The van der Waals surface area contributed by atoms with Crippen LogP contribution in [0.2, 0.25) is 0 Å². The number of sulfonamides is 1. The Kier molecular flexibility index (Phi) is 5.94. The van der Waals surface area contributed by atoms with E-state index in [1.54, 1.807) is 12.1 Å². The van der Waals surface area contributed by atoms with Gasteiger partial charge in [0, 0.05) is 13.1 Å². The van der Waals surface area contributed by atoms with Crippen molar-refractivity contribution < 1.29 is 22.7 Å². The van der Waals surface area contributed by atoms with Crippen LogP contribution < -0.4 is 0 Å². The summed E-state index contributed by atoms with van der Waals surface area (Å²) in [7, 11) is -3.65. The van der Waals surface area contributed by atoms with Crippen molar-refractivity contribution in [2.45, 2.75) is 25.3 Å². The number of nitrogens with zero attached hydrogens (tertiary/aromatic N) is 1. The first-order valence-electron chi connectivity index (χ1n) is 8.79. The number of ether oxygens (including phenoxy) is 2. The van der Waals surface area contributed by atoms with Gasteiger partial charge in [0.25, 0.3) is 0 Å². The van der Waals surface area contributed by atoms with Gasteiger partial charge in [0.15, 0.2) is 0 Å². The highest BCUT2D eigenvalue weighted by Gasteiger charge is 2.27. The van der Waals surface area contributed by atoms with Gasteiger partial charge in [-0.25, -0.2) is 13.2 Å². The lowest BCUT2D eigenvalue weighted by Crippen LogP contribution is -2.40. The molecular weight excluding hydrogens is 366 g/mol. The molecule has 7 heteroatoms. The second kappa shape index (κ2) is 8.21. The summed E-state index contributed by atoms with van der Waals surface area (Å²) >= 11 is 0. The van der Waals surface area contributed by atoms with Gasteiger partial charge in [0.2, 0.25) is 10.0 Å². The SMILES string of the molecule is Cc1ccc(C)c(COC(=O)c2cccc(S(=O)(=O)N3CCOCC3)c2)c1. The predicted octanol–water partition coefficient (Wildman–Crippen LogP) is 2.68. The van der Waals surface area contributed by atoms with Crippen molar-refractivity contribution in [2.24, 2.45) is 0 Å². The van der Waals surface area contributed by atoms with E-state index in [-0.39, 0.29) is 17.1 Å². The molecule has 1 aliphatic rings. The Morgan fingerprint density at radius 3 is 2.59 bits per heavy atom. The molecule has 144 valence electrons. The van der Waals surface area contributed by atoms with E-state index in [1.165, 1.54) is 16.4 Å². The lowest BCUT2D eigenvalue weighted by Gasteiger charge is -2.26. The van der Waals surface area contributed by atoms with Gasteiger partial charge in [-0.05, 0) is 43.2 Å². The minimum atomic E-state index is -3.65. The lowest BCUT2D eigenvalue weighted by atomic mass is 10.1. The van der Waals surface area contributed by atoms with Gasteiger partial charge in [-0.15, -0.1) is 0 Å². The number of hydrogen-bond acceptors (Lipinski definition) is 5. The van der Waals surface area contributed by atoms with Gasteiger partial charge in [0.05, 0.1) is 23.7 Å². The maximum Gasteiger partial charge on any atom is 0.338 e. The van der Waals surface area contributed by atoms with Crippen LogP contribution in [0.3, 0.4) is 0 Å². The van der Waals surface area contributed by atoms with Gasteiger partial charge in [-0.1, -0.05) is 29.8 Å². The second-order valence-electron chi connectivity index (χ2n) is 6.55. The van der Waals surface area contributed by atoms with Crippen LogP contribution in [0, 0.1) is 13.8 Å². The van der Waals surface area contributed by atoms with Gasteiger partial charge in [-0.3, -0.25) is 0 Å². The fraction of sp³-hybridized carbons (Fsp3) is 0.350. The molecule has 0 radical (unpaired) electrons. The molecule has 0 aromatic heterocycles. The Morgan fingerprint density at radius 1 is 1.11 bits per heavy atom. The Morgan fingerprint density at radius 2 is 1.85 bits per heavy atom. The van der Waals surface area contributed by atoms with Crippen molar-refractivity contribution in [3.63, 3.8) is 0 Å². The van der Waals surface area contributed by atoms with Crippen LogP contribution in [0.4, 0.5) is 0 Å². The highest BCUT2D eigenvalue weighted by molar-refractivity contribution is 7.89. The minimum Gasteiger partial charge on any atom is -0.457 e. The topological polar surface area (TPSA) is 72.9 Å². The molecular formula is C20H23NO5S. The van der Waals surface area contributed by atoms with Crippen LogP contribution in [0.25, 0.3) is 0 Å². The molecule has 0 saturated carbocycles. The number of carbonyl (C=O) groups is 1. The molecule has 1 heterocycles. The van der Waals surface area contributed by atoms with Crippen molar-refractivity contribution in [3.05, 3.63) is 64.7 Å². The zero-order valence-electron chi connectivity index (χ0n) is 15.5. The number of esters is 1. The Bertz CT molecular complexity index is 933. The summed E-state index contributed by atoms with van der Waals surface area (Å²) in [5.74, 6) is -0.546. The number of morpholine rings is 1. The summed E-state index contributed by atoms with van der Waals surface area (Å²) in [6.07, 6.45) is 0. The minimum absolute atomic E-state index is 0.0885. The fourth-order valence-corrected chi connectivity index (χ4v) is 4.36. The Labute approximate surface area is 159 Å². The maximum absolute atomic E-state index is 12.7. The summed E-state index contributed by atoms with van der Waals surface area (Å²) in [4.78, 5) is 12.5. The Hall–Kier alpha value is -2.22. The highest BCUT2D eigenvalue weighted by Crippen LogP contribution is 2.19. The Balaban J connectivity index is 1.74. The summed E-state index contributed by atoms with van der Waals surface area (Å²) in [6, 6.07) is 11.9. The second-order valence-corrected chi connectivity index (χ2v) is 8.49. The van der Waals surface area contributed by atoms with Crippen LogP contribution in [0.15, 0.2) is 47.4 Å². The van der Waals surface area contributed by atoms with E-state index in [0.717, 1.165) is 16.7 Å². The fourth-order valence-electron chi connectivity index (χ4n) is 2.90. The number of hydrogen-bond donors (Lipinski definition) is 0. The van der Waals surface area contributed by atoms with Crippen molar-refractivity contribution in [2.75, 3.05) is 26.3 Å². The summed E-state index contributed by atoms with van der Waals surface area (Å²) in [6.45, 7) is 5.44. The number of aryl methyl sites for hydroxylation is 2. The largest absolute Gasteiger partial charge is 0.457 e. The van der Waals surface area contributed by atoms with E-state index < -0.39 is 16.0 Å². The van der Waals surface area contributed by atoms with Crippen molar-refractivity contribution in [1.82, 2.24) is 4.31 Å². The number of carbonyl (C=O) groups excluding carboxylic acids is 1. The van der Waals surface area contributed by atoms with E-state index in [0.29, 0.717) is 26.3 Å². The first-order valence-corrected chi connectivity index (χ1v) is 10.2. The average molecular weight is 389 g/mol. The van der Waals surface area contributed by atoms with E-state index in [9.17, 15) is 13.2 Å². The van der Waals surface area contributed by atoms with Crippen LogP contribution in [0.5, 0.6) is 0 Å². The van der Waals surface area contributed by atoms with E-state index in [4.69, 9.17) is 9.47 Å². The van der Waals surface area contributed by atoms with Crippen LogP contribution >= 0.6 is 0 Å². The standard InChI is InChI=1S/C20H23NO5S/c1-15-6-7-16(2)18(12-15)14-26-20(22)17-4-3-5-19(13-17)27(23,24)21-8-10-25-11-9-21/h3-7,12-13H,8-11,14H2,1-2H3. The summed E-state index contributed by atoms with van der Waals surface area (Å²) in [5.41, 5.74) is 3.28. The van der Waals surface area contributed by atoms with Crippen LogP contribution in [-0.2, 0) is 26.1 Å². The molecule has 1 saturated heterocycles. The molecule has 27 heavy (non-hydrogen) atoms. The smallest absolute Gasteiger partial charge is 0.338 e. The van der Waals surface area contributed by atoms with Gasteiger partial charge >= 0.3 is 5.97 Å². The monoisotopic (exact) mass is 389 g/mol. The van der Waals surface area contributed by atoms with Gasteiger partial charge in [-0.2, -0.15) is 4.31 Å². The van der Waals surface area contributed by atoms with E-state index >= 15 is 0 Å². The quantitative estimate of drug-likeness (QED) is 0.735. The molecule has 0 amide bonds. The lowest BCUT2D eigenvalue weighted by molar-refractivity contribution is 0.0471. The van der Waals surface area contributed by atoms with Crippen LogP contribution in [-0.4, -0.2) is 45.0 Å². The normalized spacial score (nSPS) is 15.5. The van der Waals surface area contributed by atoms with Crippen LogP contribution in [0.1, 0.15) is 27.0 Å². The molecule has 0 aliphatic carbocycles. The predicted molar refractivity (Wildman–Crippen MR) is 101 cm³/mol. The first-order chi connectivity index (χ1) is 12.9. The van der Waals surface area contributed by atoms with Gasteiger partial charge in [0.1, 0.15) is 6.61 Å². The zero-order valence-corrected chi connectivity index (χ0v) is 16.3. The molecule has 0 bridgehead atoms. The van der Waals surface area contributed by atoms with E-state index in [2.05, 4.69) is 0 Å². The molecule has 0 N–H and O–H groups in total. The van der Waals surface area contributed by atoms with Gasteiger partial charge < -0.3 is 9.47 Å². The summed E-state index contributed by atoms with van der Waals surface area (Å²) < 4.78 is 37.5. The third kappa shape index (κ3) is 4.55.